The number of hydrogen-bond donors (Lipinski definition) is 1. The summed E-state index contributed by atoms with van der Waals surface area (Å²) >= 11 is 6.01. The molecule has 1 aromatic carbocycles. The van der Waals surface area contributed by atoms with E-state index < -0.39 is 17.5 Å². The van der Waals surface area contributed by atoms with Crippen LogP contribution in [-0.4, -0.2) is 22.7 Å². The maximum absolute atomic E-state index is 11.5. The van der Waals surface area contributed by atoms with Crippen LogP contribution in [0.2, 0.25) is 5.02 Å². The van der Waals surface area contributed by atoms with E-state index in [4.69, 9.17) is 20.8 Å². The molecule has 0 aliphatic heterocycles. The summed E-state index contributed by atoms with van der Waals surface area (Å²) in [6.07, 6.45) is 0. The topological polar surface area (TPSA) is 81.7 Å². The minimum atomic E-state index is -0.984. The highest BCUT2D eigenvalue weighted by molar-refractivity contribution is 6.33. The number of rotatable bonds is 2. The van der Waals surface area contributed by atoms with E-state index in [2.05, 4.69) is 0 Å². The van der Waals surface area contributed by atoms with Gasteiger partial charge in [0.2, 0.25) is 17.5 Å². The molecule has 0 radical (unpaired) electrons. The predicted molar refractivity (Wildman–Crippen MR) is 67.9 cm³/mol. The summed E-state index contributed by atoms with van der Waals surface area (Å²) in [7, 11) is 1.41. The normalized spacial score (nSPS) is 10.5. The average molecular weight is 284 g/mol. The Morgan fingerprint density at radius 3 is 2.68 bits per heavy atom. The molecular formula is C12H10ClNO5. The third-order valence-corrected chi connectivity index (χ3v) is 2.84. The summed E-state index contributed by atoms with van der Waals surface area (Å²) in [5, 5.41) is 10.1. The largest absolute Gasteiger partial charge is 0.496 e. The van der Waals surface area contributed by atoms with Gasteiger partial charge in [-0.15, -0.1) is 0 Å². The quantitative estimate of drug-likeness (QED) is 0.913. The first-order valence-corrected chi connectivity index (χ1v) is 5.63. The summed E-state index contributed by atoms with van der Waals surface area (Å²) in [4.78, 5) is 22.8. The number of nitrogens with zero attached hydrogens (tertiary/aromatic N) is 1. The summed E-state index contributed by atoms with van der Waals surface area (Å²) in [6, 6.07) is 4.78. The van der Waals surface area contributed by atoms with E-state index in [1.165, 1.54) is 7.11 Å². The van der Waals surface area contributed by atoms with Crippen molar-refractivity contribution < 1.29 is 19.1 Å². The van der Waals surface area contributed by atoms with Gasteiger partial charge < -0.3 is 14.3 Å². The molecule has 0 atom stereocenters. The van der Waals surface area contributed by atoms with Crippen molar-refractivity contribution in [3.05, 3.63) is 33.8 Å². The van der Waals surface area contributed by atoms with Crippen molar-refractivity contribution in [2.75, 3.05) is 7.11 Å². The number of aromatic hydroxyl groups is 1. The summed E-state index contributed by atoms with van der Waals surface area (Å²) in [5.41, 5.74) is 0.210. The minimum absolute atomic E-state index is 0.206. The number of carbonyl (C=O) groups excluding carboxylic acids is 1. The smallest absolute Gasteiger partial charge is 0.429 e. The van der Waals surface area contributed by atoms with Crippen LogP contribution < -0.4 is 10.5 Å². The van der Waals surface area contributed by atoms with Gasteiger partial charge in [0.05, 0.1) is 17.7 Å². The van der Waals surface area contributed by atoms with Gasteiger partial charge in [0.15, 0.2) is 0 Å². The number of benzene rings is 1. The molecule has 0 spiro atoms. The van der Waals surface area contributed by atoms with Gasteiger partial charge in [0.1, 0.15) is 5.75 Å². The molecule has 0 saturated carbocycles. The molecule has 19 heavy (non-hydrogen) atoms. The van der Waals surface area contributed by atoms with E-state index in [1.54, 1.807) is 18.2 Å². The standard InChI is InChI=1S/C12H10ClNO5/c1-6(15)14-11(16)10(19-12(14)17)9-7(13)4-3-5-8(9)18-2/h3-5,16H,1-2H3. The maximum atomic E-state index is 11.5. The summed E-state index contributed by atoms with van der Waals surface area (Å²) in [5.74, 6) is -2.15. The Kier molecular flexibility index (Phi) is 3.35. The molecule has 0 saturated heterocycles. The van der Waals surface area contributed by atoms with Crippen molar-refractivity contribution in [1.82, 2.24) is 4.57 Å². The molecule has 0 aliphatic rings. The van der Waals surface area contributed by atoms with Crippen LogP contribution in [-0.2, 0) is 0 Å². The zero-order chi connectivity index (χ0) is 14.2. The maximum Gasteiger partial charge on any atom is 0.429 e. The van der Waals surface area contributed by atoms with Crippen molar-refractivity contribution in [1.29, 1.82) is 0 Å². The van der Waals surface area contributed by atoms with E-state index in [-0.39, 0.29) is 16.3 Å². The van der Waals surface area contributed by atoms with Gasteiger partial charge in [-0.25, -0.2) is 4.79 Å². The van der Waals surface area contributed by atoms with Gasteiger partial charge in [-0.2, -0.15) is 4.57 Å². The Labute approximate surface area is 112 Å². The number of hydrogen-bond acceptors (Lipinski definition) is 5. The number of methoxy groups -OCH3 is 1. The molecule has 2 aromatic rings. The van der Waals surface area contributed by atoms with Gasteiger partial charge >= 0.3 is 5.76 Å². The molecule has 0 fully saturated rings. The third kappa shape index (κ3) is 2.10. The fraction of sp³-hybridized carbons (Fsp3) is 0.167. The molecule has 1 aromatic heterocycles. The fourth-order valence-corrected chi connectivity index (χ4v) is 1.95. The van der Waals surface area contributed by atoms with Crippen LogP contribution in [0.1, 0.15) is 11.7 Å². The highest BCUT2D eigenvalue weighted by Gasteiger charge is 2.24. The van der Waals surface area contributed by atoms with Crippen molar-refractivity contribution in [3.8, 4) is 23.0 Å². The van der Waals surface area contributed by atoms with Crippen molar-refractivity contribution in [2.45, 2.75) is 6.92 Å². The van der Waals surface area contributed by atoms with Gasteiger partial charge in [-0.1, -0.05) is 17.7 Å². The monoisotopic (exact) mass is 283 g/mol. The number of halogens is 1. The number of aromatic nitrogens is 1. The molecule has 2 rings (SSSR count). The Morgan fingerprint density at radius 1 is 1.47 bits per heavy atom. The van der Waals surface area contributed by atoms with Crippen LogP contribution in [0.15, 0.2) is 27.4 Å². The second-order valence-corrected chi connectivity index (χ2v) is 4.10. The van der Waals surface area contributed by atoms with E-state index in [0.717, 1.165) is 6.92 Å². The zero-order valence-corrected chi connectivity index (χ0v) is 10.9. The molecule has 0 amide bonds. The Bertz CT molecular complexity index is 701. The lowest BCUT2D eigenvalue weighted by Crippen LogP contribution is -2.18. The van der Waals surface area contributed by atoms with Gasteiger partial charge in [0, 0.05) is 6.92 Å². The van der Waals surface area contributed by atoms with Gasteiger partial charge in [-0.05, 0) is 12.1 Å². The van der Waals surface area contributed by atoms with E-state index in [1.807, 2.05) is 0 Å². The highest BCUT2D eigenvalue weighted by Crippen LogP contribution is 2.40. The van der Waals surface area contributed by atoms with Crippen LogP contribution in [0.5, 0.6) is 11.6 Å². The third-order valence-electron chi connectivity index (χ3n) is 2.52. The molecule has 0 aliphatic carbocycles. The first-order chi connectivity index (χ1) is 8.97. The van der Waals surface area contributed by atoms with Gasteiger partial charge in [0.25, 0.3) is 0 Å². The summed E-state index contributed by atoms with van der Waals surface area (Å²) in [6.45, 7) is 1.13. The first kappa shape index (κ1) is 13.2. The fourth-order valence-electron chi connectivity index (χ4n) is 1.70. The minimum Gasteiger partial charge on any atom is -0.496 e. The van der Waals surface area contributed by atoms with Crippen LogP contribution in [0.25, 0.3) is 11.3 Å². The molecular weight excluding hydrogens is 274 g/mol. The zero-order valence-electron chi connectivity index (χ0n) is 10.1. The van der Waals surface area contributed by atoms with Crippen LogP contribution in [0.4, 0.5) is 0 Å². The van der Waals surface area contributed by atoms with E-state index >= 15 is 0 Å². The highest BCUT2D eigenvalue weighted by atomic mass is 35.5. The molecule has 1 heterocycles. The van der Waals surface area contributed by atoms with E-state index in [9.17, 15) is 14.7 Å². The van der Waals surface area contributed by atoms with Crippen molar-refractivity contribution in [2.24, 2.45) is 0 Å². The SMILES string of the molecule is COc1cccc(Cl)c1-c1oc(=O)n(C(C)=O)c1O. The molecule has 0 bridgehead atoms. The average Bonchev–Trinajstić information content (AvgIpc) is 2.64. The first-order valence-electron chi connectivity index (χ1n) is 5.26. The lowest BCUT2D eigenvalue weighted by atomic mass is 10.1. The molecule has 0 unspecified atom stereocenters. The number of oxazole rings is 1. The lowest BCUT2D eigenvalue weighted by Gasteiger charge is -2.07. The van der Waals surface area contributed by atoms with Crippen molar-refractivity contribution in [3.63, 3.8) is 0 Å². The van der Waals surface area contributed by atoms with Crippen molar-refractivity contribution >= 4 is 17.5 Å². The Hall–Kier alpha value is -2.21. The van der Waals surface area contributed by atoms with Gasteiger partial charge in [-0.3, -0.25) is 4.79 Å². The van der Waals surface area contributed by atoms with Crippen LogP contribution in [0, 0.1) is 0 Å². The number of carbonyl (C=O) groups is 1. The lowest BCUT2D eigenvalue weighted by molar-refractivity contribution is 0.0920. The number of ether oxygens (including phenoxy) is 1. The molecule has 6 nitrogen and oxygen atoms in total. The Morgan fingerprint density at radius 2 is 2.16 bits per heavy atom. The molecule has 100 valence electrons. The summed E-state index contributed by atoms with van der Waals surface area (Å²) < 4.78 is 10.5. The van der Waals surface area contributed by atoms with Crippen LogP contribution >= 0.6 is 11.6 Å². The molecule has 7 heteroatoms. The Balaban J connectivity index is 2.77. The van der Waals surface area contributed by atoms with Crippen LogP contribution in [0.3, 0.4) is 0 Å². The second-order valence-electron chi connectivity index (χ2n) is 3.69. The second kappa shape index (κ2) is 4.81. The van der Waals surface area contributed by atoms with E-state index in [0.29, 0.717) is 10.3 Å². The predicted octanol–water partition coefficient (Wildman–Crippen LogP) is 2.14. The molecule has 1 N–H and O–H groups in total.